The highest BCUT2D eigenvalue weighted by Gasteiger charge is 2.40. The van der Waals surface area contributed by atoms with Crippen molar-refractivity contribution >= 4 is 0 Å². The molecule has 2 heteroatoms. The summed E-state index contributed by atoms with van der Waals surface area (Å²) in [5.74, 6) is 0.642. The molecular weight excluding hydrogens is 186 g/mol. The molecular formula is C13H27NO. The van der Waals surface area contributed by atoms with Crippen molar-refractivity contribution in [3.05, 3.63) is 0 Å². The van der Waals surface area contributed by atoms with Gasteiger partial charge >= 0.3 is 0 Å². The summed E-state index contributed by atoms with van der Waals surface area (Å²) in [5.41, 5.74) is 0.375. The van der Waals surface area contributed by atoms with Gasteiger partial charge in [0.2, 0.25) is 0 Å². The van der Waals surface area contributed by atoms with E-state index in [0.29, 0.717) is 5.92 Å². The van der Waals surface area contributed by atoms with Crippen LogP contribution in [0.15, 0.2) is 0 Å². The fraction of sp³-hybridized carbons (Fsp3) is 1.00. The van der Waals surface area contributed by atoms with Crippen LogP contribution in [-0.4, -0.2) is 29.8 Å². The van der Waals surface area contributed by atoms with Crippen LogP contribution >= 0.6 is 0 Å². The smallest absolute Gasteiger partial charge is 0.115 e. The van der Waals surface area contributed by atoms with Crippen LogP contribution in [0.4, 0.5) is 0 Å². The number of hydrogen-bond donors (Lipinski definition) is 0. The molecule has 0 aliphatic carbocycles. The number of rotatable bonds is 0. The van der Waals surface area contributed by atoms with Gasteiger partial charge in [-0.1, -0.05) is 27.7 Å². The zero-order chi connectivity index (χ0) is 11.9. The molecule has 2 atom stereocenters. The highest BCUT2D eigenvalue weighted by atomic mass is 16.5. The number of nitrogens with zero attached hydrogens (tertiary/aromatic N) is 1. The summed E-state index contributed by atoms with van der Waals surface area (Å²) in [4.78, 5) is 2.50. The minimum Gasteiger partial charge on any atom is -0.362 e. The molecule has 1 aliphatic rings. The Balaban J connectivity index is 2.85. The summed E-state index contributed by atoms with van der Waals surface area (Å²) in [6.07, 6.45) is 0.244. The highest BCUT2D eigenvalue weighted by molar-refractivity contribution is 4.88. The molecule has 2 unspecified atom stereocenters. The van der Waals surface area contributed by atoms with Crippen LogP contribution in [0.25, 0.3) is 0 Å². The van der Waals surface area contributed by atoms with Crippen molar-refractivity contribution in [2.75, 3.05) is 13.2 Å². The normalized spacial score (nSPS) is 30.6. The molecule has 1 heterocycles. The predicted molar refractivity (Wildman–Crippen MR) is 64.8 cm³/mol. The van der Waals surface area contributed by atoms with E-state index in [1.165, 1.54) is 0 Å². The van der Waals surface area contributed by atoms with E-state index in [0.717, 1.165) is 13.2 Å². The first-order valence-corrected chi connectivity index (χ1v) is 6.00. The molecule has 0 saturated carbocycles. The van der Waals surface area contributed by atoms with Crippen molar-refractivity contribution in [3.63, 3.8) is 0 Å². The molecule has 1 rings (SSSR count). The summed E-state index contributed by atoms with van der Waals surface area (Å²) < 4.78 is 6.02. The lowest BCUT2D eigenvalue weighted by Crippen LogP contribution is -2.59. The summed E-state index contributed by atoms with van der Waals surface area (Å²) in [6, 6.07) is 0. The van der Waals surface area contributed by atoms with Gasteiger partial charge in [-0.2, -0.15) is 0 Å². The van der Waals surface area contributed by atoms with Gasteiger partial charge in [0.05, 0.1) is 6.61 Å². The Morgan fingerprint density at radius 2 is 1.60 bits per heavy atom. The topological polar surface area (TPSA) is 12.5 Å². The van der Waals surface area contributed by atoms with Crippen molar-refractivity contribution in [2.24, 2.45) is 11.3 Å². The van der Waals surface area contributed by atoms with Crippen LogP contribution in [0.5, 0.6) is 0 Å². The third kappa shape index (κ3) is 3.18. The molecule has 0 aromatic heterocycles. The van der Waals surface area contributed by atoms with E-state index in [1.54, 1.807) is 0 Å². The Morgan fingerprint density at radius 1 is 1.07 bits per heavy atom. The van der Waals surface area contributed by atoms with Crippen molar-refractivity contribution in [3.8, 4) is 0 Å². The van der Waals surface area contributed by atoms with Crippen LogP contribution in [-0.2, 0) is 4.74 Å². The molecule has 1 fully saturated rings. The quantitative estimate of drug-likeness (QED) is 0.613. The molecule has 0 bridgehead atoms. The Morgan fingerprint density at radius 3 is 2.00 bits per heavy atom. The molecule has 0 radical (unpaired) electrons. The molecule has 2 nitrogen and oxygen atoms in total. The molecule has 90 valence electrons. The third-order valence-corrected chi connectivity index (χ3v) is 2.93. The molecule has 0 spiro atoms. The highest BCUT2D eigenvalue weighted by Crippen LogP contribution is 2.34. The first kappa shape index (κ1) is 13.0. The van der Waals surface area contributed by atoms with Crippen LogP contribution in [0.1, 0.15) is 48.5 Å². The van der Waals surface area contributed by atoms with Gasteiger partial charge in [0.15, 0.2) is 0 Å². The minimum absolute atomic E-state index is 0.187. The van der Waals surface area contributed by atoms with Gasteiger partial charge in [0, 0.05) is 17.5 Å². The molecule has 1 aliphatic heterocycles. The van der Waals surface area contributed by atoms with Gasteiger partial charge in [0.1, 0.15) is 6.23 Å². The molecule has 0 aromatic carbocycles. The van der Waals surface area contributed by atoms with E-state index >= 15 is 0 Å². The largest absolute Gasteiger partial charge is 0.362 e. The Kier molecular flexibility index (Phi) is 3.52. The molecule has 0 amide bonds. The average molecular weight is 213 g/mol. The van der Waals surface area contributed by atoms with Gasteiger partial charge < -0.3 is 4.74 Å². The van der Waals surface area contributed by atoms with Crippen molar-refractivity contribution < 1.29 is 4.74 Å². The second-order valence-electron chi connectivity index (χ2n) is 6.98. The summed E-state index contributed by atoms with van der Waals surface area (Å²) in [5, 5.41) is 0. The molecule has 0 aromatic rings. The second kappa shape index (κ2) is 4.06. The lowest BCUT2D eigenvalue weighted by molar-refractivity contribution is -0.192. The average Bonchev–Trinajstić information content (AvgIpc) is 2.00. The standard InChI is InChI=1S/C13H27NO/c1-10-8-14(13(5,6)7)11(15-9-10)12(2,3)4/h10-11H,8-9H2,1-7H3. The van der Waals surface area contributed by atoms with Crippen molar-refractivity contribution in [2.45, 2.75) is 60.2 Å². The lowest BCUT2D eigenvalue weighted by atomic mass is 9.88. The maximum Gasteiger partial charge on any atom is 0.115 e. The lowest BCUT2D eigenvalue weighted by Gasteiger charge is -2.50. The van der Waals surface area contributed by atoms with E-state index < -0.39 is 0 Å². The predicted octanol–water partition coefficient (Wildman–Crippen LogP) is 3.13. The van der Waals surface area contributed by atoms with Crippen molar-refractivity contribution in [1.29, 1.82) is 0 Å². The van der Waals surface area contributed by atoms with Gasteiger partial charge in [-0.15, -0.1) is 0 Å². The zero-order valence-electron chi connectivity index (χ0n) is 11.4. The number of hydrogen-bond acceptors (Lipinski definition) is 2. The van der Waals surface area contributed by atoms with E-state index in [2.05, 4.69) is 53.4 Å². The van der Waals surface area contributed by atoms with Crippen LogP contribution in [0.2, 0.25) is 0 Å². The molecule has 1 saturated heterocycles. The van der Waals surface area contributed by atoms with E-state index in [4.69, 9.17) is 4.74 Å². The van der Waals surface area contributed by atoms with Crippen LogP contribution < -0.4 is 0 Å². The zero-order valence-corrected chi connectivity index (χ0v) is 11.4. The van der Waals surface area contributed by atoms with E-state index in [9.17, 15) is 0 Å². The molecule has 0 N–H and O–H groups in total. The van der Waals surface area contributed by atoms with Gasteiger partial charge in [-0.25, -0.2) is 0 Å². The van der Waals surface area contributed by atoms with Crippen LogP contribution in [0, 0.1) is 11.3 Å². The van der Waals surface area contributed by atoms with Crippen LogP contribution in [0.3, 0.4) is 0 Å². The fourth-order valence-corrected chi connectivity index (χ4v) is 2.17. The third-order valence-electron chi connectivity index (χ3n) is 2.93. The minimum atomic E-state index is 0.187. The fourth-order valence-electron chi connectivity index (χ4n) is 2.17. The summed E-state index contributed by atoms with van der Waals surface area (Å²) in [7, 11) is 0. The monoisotopic (exact) mass is 213 g/mol. The van der Waals surface area contributed by atoms with E-state index in [-0.39, 0.29) is 17.2 Å². The SMILES string of the molecule is CC1COC(C(C)(C)C)N(C(C)(C)C)C1. The second-order valence-corrected chi connectivity index (χ2v) is 6.98. The van der Waals surface area contributed by atoms with Gasteiger partial charge in [-0.3, -0.25) is 4.90 Å². The summed E-state index contributed by atoms with van der Waals surface area (Å²) in [6.45, 7) is 17.9. The van der Waals surface area contributed by atoms with Gasteiger partial charge in [-0.05, 0) is 26.7 Å². The number of ether oxygens (including phenoxy) is 1. The van der Waals surface area contributed by atoms with E-state index in [1.807, 2.05) is 0 Å². The Hall–Kier alpha value is -0.0800. The maximum absolute atomic E-state index is 6.02. The Bertz CT molecular complexity index is 212. The van der Waals surface area contributed by atoms with Crippen molar-refractivity contribution in [1.82, 2.24) is 4.90 Å². The summed E-state index contributed by atoms with van der Waals surface area (Å²) >= 11 is 0. The molecule has 15 heavy (non-hydrogen) atoms. The maximum atomic E-state index is 6.02. The first-order chi connectivity index (χ1) is 6.62. The van der Waals surface area contributed by atoms with Gasteiger partial charge in [0.25, 0.3) is 0 Å². The first-order valence-electron chi connectivity index (χ1n) is 6.00. The Labute approximate surface area is 95.0 Å².